The van der Waals surface area contributed by atoms with E-state index in [1.54, 1.807) is 29.2 Å². The lowest BCUT2D eigenvalue weighted by atomic mass is 10.1. The zero-order valence-corrected chi connectivity index (χ0v) is 14.6. The van der Waals surface area contributed by atoms with Crippen molar-refractivity contribution in [3.63, 3.8) is 0 Å². The Kier molecular flexibility index (Phi) is 6.71. The highest BCUT2D eigenvalue weighted by Crippen LogP contribution is 2.18. The van der Waals surface area contributed by atoms with Crippen LogP contribution in [0, 0.1) is 0 Å². The predicted molar refractivity (Wildman–Crippen MR) is 98.2 cm³/mol. The number of aliphatic hydroxyl groups is 1. The number of nitrogens with one attached hydrogen (secondary N) is 1. The van der Waals surface area contributed by atoms with E-state index < -0.39 is 0 Å². The van der Waals surface area contributed by atoms with Gasteiger partial charge in [-0.05, 0) is 37.1 Å². The molecule has 0 saturated carbocycles. The van der Waals surface area contributed by atoms with Gasteiger partial charge in [-0.1, -0.05) is 36.4 Å². The van der Waals surface area contributed by atoms with E-state index in [-0.39, 0.29) is 24.5 Å². The molecule has 0 bridgehead atoms. The van der Waals surface area contributed by atoms with E-state index in [0.717, 1.165) is 5.56 Å². The zero-order valence-electron chi connectivity index (χ0n) is 14.6. The molecular formula is C20H24N2O3. The van der Waals surface area contributed by atoms with Gasteiger partial charge in [-0.25, -0.2) is 0 Å². The lowest BCUT2D eigenvalue weighted by Gasteiger charge is -2.29. The van der Waals surface area contributed by atoms with E-state index in [1.165, 1.54) is 6.92 Å². The maximum absolute atomic E-state index is 13.0. The predicted octanol–water partition coefficient (Wildman–Crippen LogP) is 3.06. The second-order valence-corrected chi connectivity index (χ2v) is 6.04. The highest BCUT2D eigenvalue weighted by molar-refractivity contribution is 5.97. The molecule has 1 atom stereocenters. The van der Waals surface area contributed by atoms with Crippen molar-refractivity contribution < 1.29 is 14.7 Å². The summed E-state index contributed by atoms with van der Waals surface area (Å²) in [6.07, 6.45) is 0.504. The van der Waals surface area contributed by atoms with E-state index in [4.69, 9.17) is 0 Å². The van der Waals surface area contributed by atoms with Crippen molar-refractivity contribution in [1.82, 2.24) is 4.90 Å². The van der Waals surface area contributed by atoms with Gasteiger partial charge in [-0.2, -0.15) is 0 Å². The Bertz CT molecular complexity index is 716. The number of benzene rings is 2. The van der Waals surface area contributed by atoms with Gasteiger partial charge in [0.1, 0.15) is 0 Å². The van der Waals surface area contributed by atoms with Crippen molar-refractivity contribution in [1.29, 1.82) is 0 Å². The molecule has 2 aromatic carbocycles. The number of amides is 2. The van der Waals surface area contributed by atoms with Crippen LogP contribution in [0.1, 0.15) is 36.2 Å². The Hall–Kier alpha value is -2.66. The first-order valence-corrected chi connectivity index (χ1v) is 8.34. The van der Waals surface area contributed by atoms with Crippen LogP contribution < -0.4 is 5.32 Å². The molecular weight excluding hydrogens is 316 g/mol. The van der Waals surface area contributed by atoms with Crippen molar-refractivity contribution in [2.45, 2.75) is 32.9 Å². The third-order valence-electron chi connectivity index (χ3n) is 3.97. The second kappa shape index (κ2) is 8.99. The molecule has 2 rings (SSSR count). The maximum atomic E-state index is 13.0. The third kappa shape index (κ3) is 5.43. The molecule has 2 aromatic rings. The molecule has 0 aliphatic rings. The molecule has 0 aliphatic heterocycles. The van der Waals surface area contributed by atoms with Crippen LogP contribution in [-0.2, 0) is 11.3 Å². The van der Waals surface area contributed by atoms with Gasteiger partial charge in [-0.15, -0.1) is 0 Å². The lowest BCUT2D eigenvalue weighted by Crippen LogP contribution is -2.38. The summed E-state index contributed by atoms with van der Waals surface area (Å²) in [6, 6.07) is 16.5. The first-order valence-electron chi connectivity index (χ1n) is 8.34. The highest BCUT2D eigenvalue weighted by atomic mass is 16.3. The van der Waals surface area contributed by atoms with E-state index in [0.29, 0.717) is 24.2 Å². The van der Waals surface area contributed by atoms with Gasteiger partial charge in [0.2, 0.25) is 5.91 Å². The Morgan fingerprint density at radius 3 is 2.48 bits per heavy atom. The first kappa shape index (κ1) is 18.7. The Morgan fingerprint density at radius 2 is 1.84 bits per heavy atom. The summed E-state index contributed by atoms with van der Waals surface area (Å²) in [6.45, 7) is 3.84. The highest BCUT2D eigenvalue weighted by Gasteiger charge is 2.22. The Balaban J connectivity index is 2.26. The second-order valence-electron chi connectivity index (χ2n) is 6.04. The summed E-state index contributed by atoms with van der Waals surface area (Å²) in [5, 5.41) is 12.0. The number of hydrogen-bond donors (Lipinski definition) is 2. The van der Waals surface area contributed by atoms with Crippen LogP contribution in [0.25, 0.3) is 0 Å². The summed E-state index contributed by atoms with van der Waals surface area (Å²) in [4.78, 5) is 26.0. The molecule has 132 valence electrons. The molecule has 0 radical (unpaired) electrons. The maximum Gasteiger partial charge on any atom is 0.254 e. The van der Waals surface area contributed by atoms with E-state index in [9.17, 15) is 14.7 Å². The molecule has 5 heteroatoms. The zero-order chi connectivity index (χ0) is 18.2. The number of aliphatic hydroxyl groups excluding tert-OH is 1. The summed E-state index contributed by atoms with van der Waals surface area (Å²) in [5.74, 6) is -0.309. The fourth-order valence-electron chi connectivity index (χ4n) is 2.65. The average Bonchev–Trinajstić information content (AvgIpc) is 2.60. The molecule has 0 aromatic heterocycles. The standard InChI is InChI=1S/C20H24N2O3/c1-15(11-12-23)22(14-17-7-4-3-5-8-17)20(25)18-9-6-10-19(13-18)21-16(2)24/h3-10,13,15,23H,11-12,14H2,1-2H3,(H,21,24). The topological polar surface area (TPSA) is 69.6 Å². The van der Waals surface area contributed by atoms with Crippen LogP contribution >= 0.6 is 0 Å². The minimum absolute atomic E-state index is 0.0195. The smallest absolute Gasteiger partial charge is 0.254 e. The van der Waals surface area contributed by atoms with Crippen LogP contribution in [0.5, 0.6) is 0 Å². The number of nitrogens with zero attached hydrogens (tertiary/aromatic N) is 1. The van der Waals surface area contributed by atoms with E-state index in [1.807, 2.05) is 37.3 Å². The van der Waals surface area contributed by atoms with Gasteiger partial charge in [0.15, 0.2) is 0 Å². The minimum Gasteiger partial charge on any atom is -0.396 e. The van der Waals surface area contributed by atoms with Crippen molar-refractivity contribution in [2.24, 2.45) is 0 Å². The number of carbonyl (C=O) groups excluding carboxylic acids is 2. The molecule has 25 heavy (non-hydrogen) atoms. The molecule has 1 unspecified atom stereocenters. The Morgan fingerprint density at radius 1 is 1.12 bits per heavy atom. The summed E-state index contributed by atoms with van der Waals surface area (Å²) < 4.78 is 0. The SMILES string of the molecule is CC(=O)Nc1cccc(C(=O)N(Cc2ccccc2)C(C)CCO)c1. The fraction of sp³-hybridized carbons (Fsp3) is 0.300. The number of hydrogen-bond acceptors (Lipinski definition) is 3. The van der Waals surface area contributed by atoms with Crippen LogP contribution in [-0.4, -0.2) is 34.5 Å². The van der Waals surface area contributed by atoms with Crippen LogP contribution in [0.2, 0.25) is 0 Å². The Labute approximate surface area is 148 Å². The number of carbonyl (C=O) groups is 2. The quantitative estimate of drug-likeness (QED) is 0.814. The fourth-order valence-corrected chi connectivity index (χ4v) is 2.65. The van der Waals surface area contributed by atoms with Gasteiger partial charge in [0, 0.05) is 37.4 Å². The molecule has 0 heterocycles. The summed E-state index contributed by atoms with van der Waals surface area (Å²) >= 11 is 0. The van der Waals surface area contributed by atoms with E-state index in [2.05, 4.69) is 5.32 Å². The molecule has 0 fully saturated rings. The summed E-state index contributed by atoms with van der Waals surface area (Å²) in [7, 11) is 0. The van der Waals surface area contributed by atoms with Crippen LogP contribution in [0.3, 0.4) is 0 Å². The van der Waals surface area contributed by atoms with Crippen molar-refractivity contribution in [3.8, 4) is 0 Å². The van der Waals surface area contributed by atoms with Crippen molar-refractivity contribution >= 4 is 17.5 Å². The van der Waals surface area contributed by atoms with Gasteiger partial charge < -0.3 is 15.3 Å². The first-order chi connectivity index (χ1) is 12.0. The van der Waals surface area contributed by atoms with E-state index >= 15 is 0 Å². The van der Waals surface area contributed by atoms with Gasteiger partial charge in [0.05, 0.1) is 0 Å². The molecule has 0 spiro atoms. The molecule has 2 amide bonds. The van der Waals surface area contributed by atoms with Crippen LogP contribution in [0.4, 0.5) is 5.69 Å². The molecule has 0 aliphatic carbocycles. The van der Waals surface area contributed by atoms with Gasteiger partial charge in [-0.3, -0.25) is 9.59 Å². The minimum atomic E-state index is -0.181. The normalized spacial score (nSPS) is 11.6. The largest absolute Gasteiger partial charge is 0.396 e. The molecule has 5 nitrogen and oxygen atoms in total. The van der Waals surface area contributed by atoms with Crippen molar-refractivity contribution in [3.05, 3.63) is 65.7 Å². The third-order valence-corrected chi connectivity index (χ3v) is 3.97. The monoisotopic (exact) mass is 340 g/mol. The number of rotatable bonds is 7. The van der Waals surface area contributed by atoms with Gasteiger partial charge in [0.25, 0.3) is 5.91 Å². The van der Waals surface area contributed by atoms with Crippen molar-refractivity contribution in [2.75, 3.05) is 11.9 Å². The van der Waals surface area contributed by atoms with Crippen LogP contribution in [0.15, 0.2) is 54.6 Å². The number of anilines is 1. The van der Waals surface area contributed by atoms with Gasteiger partial charge >= 0.3 is 0 Å². The average molecular weight is 340 g/mol. The molecule has 0 saturated heterocycles. The lowest BCUT2D eigenvalue weighted by molar-refractivity contribution is -0.114. The summed E-state index contributed by atoms with van der Waals surface area (Å²) in [5.41, 5.74) is 2.12. The molecule has 2 N–H and O–H groups in total.